The number of benzene rings is 1. The van der Waals surface area contributed by atoms with Crippen LogP contribution in [0.25, 0.3) is 11.1 Å². The van der Waals surface area contributed by atoms with Crippen molar-refractivity contribution < 1.29 is 14.0 Å². The van der Waals surface area contributed by atoms with Crippen molar-refractivity contribution in [3.8, 4) is 11.1 Å². The van der Waals surface area contributed by atoms with E-state index in [0.29, 0.717) is 27.9 Å². The van der Waals surface area contributed by atoms with Gasteiger partial charge in [0.15, 0.2) is 5.13 Å². The molecule has 3 aromatic rings. The third-order valence-electron chi connectivity index (χ3n) is 5.69. The van der Waals surface area contributed by atoms with Gasteiger partial charge in [0.05, 0.1) is 18.8 Å². The monoisotopic (exact) mass is 440 g/mol. The van der Waals surface area contributed by atoms with Crippen molar-refractivity contribution in [3.05, 3.63) is 53.0 Å². The lowest BCUT2D eigenvalue weighted by Gasteiger charge is -2.22. The van der Waals surface area contributed by atoms with Crippen LogP contribution in [-0.2, 0) is 11.3 Å². The summed E-state index contributed by atoms with van der Waals surface area (Å²) in [7, 11) is 0. The molecule has 160 valence electrons. The van der Waals surface area contributed by atoms with E-state index >= 15 is 0 Å². The van der Waals surface area contributed by atoms with Gasteiger partial charge in [-0.2, -0.15) is 5.10 Å². The normalized spacial score (nSPS) is 16.5. The smallest absolute Gasteiger partial charge is 0.255 e. The van der Waals surface area contributed by atoms with Crippen molar-refractivity contribution in [2.75, 3.05) is 25.0 Å². The maximum absolute atomic E-state index is 14.9. The average Bonchev–Trinajstić information content (AvgIpc) is 3.51. The maximum Gasteiger partial charge on any atom is 0.255 e. The average molecular weight is 441 g/mol. The Labute approximate surface area is 182 Å². The zero-order valence-corrected chi connectivity index (χ0v) is 17.5. The molecule has 8 nitrogen and oxygen atoms in total. The van der Waals surface area contributed by atoms with E-state index < -0.39 is 5.82 Å². The summed E-state index contributed by atoms with van der Waals surface area (Å²) in [5.74, 6) is -1.16. The van der Waals surface area contributed by atoms with Crippen LogP contribution in [0, 0.1) is 5.82 Å². The highest BCUT2D eigenvalue weighted by Gasteiger charge is 2.32. The van der Waals surface area contributed by atoms with Gasteiger partial charge in [-0.25, -0.2) is 9.37 Å². The Balaban J connectivity index is 1.33. The highest BCUT2D eigenvalue weighted by atomic mass is 32.1. The van der Waals surface area contributed by atoms with E-state index in [1.165, 1.54) is 22.3 Å². The molecule has 31 heavy (non-hydrogen) atoms. The zero-order chi connectivity index (χ0) is 21.4. The Kier molecular flexibility index (Phi) is 5.24. The molecule has 1 fully saturated rings. The molecule has 0 unspecified atom stereocenters. The summed E-state index contributed by atoms with van der Waals surface area (Å²) in [5.41, 5.74) is 2.00. The number of piperidine rings is 1. The standard InChI is InChI=1S/C21H21FN6O2S/c22-18-8-13(14-9-25-28(10-14)15-1-3-23-4-2-15)7-16-17(18)11-27(20(16)30)12-19(29)26-21-24-5-6-31-21/h5-10,15,23H,1-4,11-12H2,(H,24,26,29). The Morgan fingerprint density at radius 3 is 2.90 bits per heavy atom. The van der Waals surface area contributed by atoms with Crippen LogP contribution in [0.5, 0.6) is 0 Å². The van der Waals surface area contributed by atoms with Crippen LogP contribution in [-0.4, -0.2) is 51.1 Å². The zero-order valence-electron chi connectivity index (χ0n) is 16.7. The molecule has 0 saturated carbocycles. The molecular weight excluding hydrogens is 419 g/mol. The van der Waals surface area contributed by atoms with E-state index in [4.69, 9.17) is 0 Å². The predicted octanol–water partition coefficient (Wildman–Crippen LogP) is 2.66. The number of hydrogen-bond acceptors (Lipinski definition) is 6. The molecule has 2 amide bonds. The van der Waals surface area contributed by atoms with Crippen molar-refractivity contribution in [1.82, 2.24) is 25.0 Å². The van der Waals surface area contributed by atoms with Gasteiger partial charge in [-0.3, -0.25) is 14.3 Å². The number of rotatable bonds is 5. The van der Waals surface area contributed by atoms with Crippen LogP contribution < -0.4 is 10.6 Å². The first-order valence-electron chi connectivity index (χ1n) is 10.1. The number of anilines is 1. The number of halogens is 1. The lowest BCUT2D eigenvalue weighted by atomic mass is 10.0. The predicted molar refractivity (Wildman–Crippen MR) is 114 cm³/mol. The topological polar surface area (TPSA) is 92.2 Å². The highest BCUT2D eigenvalue weighted by molar-refractivity contribution is 7.13. The van der Waals surface area contributed by atoms with Crippen LogP contribution in [0.2, 0.25) is 0 Å². The molecule has 1 aromatic carbocycles. The van der Waals surface area contributed by atoms with E-state index in [1.807, 2.05) is 10.9 Å². The second kappa shape index (κ2) is 8.20. The fourth-order valence-corrected chi connectivity index (χ4v) is 4.64. The fraction of sp³-hybridized carbons (Fsp3) is 0.333. The number of nitrogens with one attached hydrogen (secondary N) is 2. The Morgan fingerprint density at radius 2 is 2.13 bits per heavy atom. The number of fused-ring (bicyclic) bond motifs is 1. The molecular formula is C21H21FN6O2S. The molecule has 1 saturated heterocycles. The number of thiazole rings is 1. The summed E-state index contributed by atoms with van der Waals surface area (Å²) < 4.78 is 16.8. The van der Waals surface area contributed by atoms with Gasteiger partial charge in [0, 0.05) is 34.5 Å². The van der Waals surface area contributed by atoms with Crippen LogP contribution >= 0.6 is 11.3 Å². The van der Waals surface area contributed by atoms with Crippen molar-refractivity contribution >= 4 is 28.3 Å². The third kappa shape index (κ3) is 3.96. The molecule has 2 aromatic heterocycles. The molecule has 2 N–H and O–H groups in total. The largest absolute Gasteiger partial charge is 0.325 e. The molecule has 0 radical (unpaired) electrons. The lowest BCUT2D eigenvalue weighted by Crippen LogP contribution is -2.33. The number of carbonyl (C=O) groups is 2. The first-order valence-corrected chi connectivity index (χ1v) is 11.0. The molecule has 0 bridgehead atoms. The van der Waals surface area contributed by atoms with Gasteiger partial charge < -0.3 is 15.5 Å². The number of hydrogen-bond donors (Lipinski definition) is 2. The summed E-state index contributed by atoms with van der Waals surface area (Å²) in [6, 6.07) is 3.46. The van der Waals surface area contributed by atoms with Crippen LogP contribution in [0.1, 0.15) is 34.8 Å². The first kappa shape index (κ1) is 19.8. The Hall–Kier alpha value is -3.11. The van der Waals surface area contributed by atoms with E-state index in [0.717, 1.165) is 31.5 Å². The van der Waals surface area contributed by atoms with E-state index in [2.05, 4.69) is 20.7 Å². The Bertz CT molecular complexity index is 1120. The SMILES string of the molecule is O=C(CN1Cc2c(F)cc(-c3cnn(C4CCNCC4)c3)cc2C1=O)Nc1nccs1. The minimum Gasteiger partial charge on any atom is -0.325 e. The van der Waals surface area contributed by atoms with Gasteiger partial charge in [-0.15, -0.1) is 11.3 Å². The van der Waals surface area contributed by atoms with Crippen LogP contribution in [0.4, 0.5) is 9.52 Å². The highest BCUT2D eigenvalue weighted by Crippen LogP contribution is 2.31. The van der Waals surface area contributed by atoms with E-state index in [1.54, 1.807) is 23.8 Å². The summed E-state index contributed by atoms with van der Waals surface area (Å²) in [4.78, 5) is 30.4. The van der Waals surface area contributed by atoms with Gasteiger partial charge in [0.25, 0.3) is 5.91 Å². The second-order valence-electron chi connectivity index (χ2n) is 7.72. The minimum absolute atomic E-state index is 0.0694. The van der Waals surface area contributed by atoms with Crippen molar-refractivity contribution in [2.24, 2.45) is 0 Å². The number of amides is 2. The molecule has 2 aliphatic heterocycles. The van der Waals surface area contributed by atoms with Crippen molar-refractivity contribution in [2.45, 2.75) is 25.4 Å². The fourth-order valence-electron chi connectivity index (χ4n) is 4.09. The van der Waals surface area contributed by atoms with E-state index in [-0.39, 0.29) is 24.9 Å². The molecule has 0 atom stereocenters. The first-order chi connectivity index (χ1) is 15.1. The molecule has 4 heterocycles. The number of aromatic nitrogens is 3. The van der Waals surface area contributed by atoms with E-state index in [9.17, 15) is 14.0 Å². The molecule has 5 rings (SSSR count). The van der Waals surface area contributed by atoms with Gasteiger partial charge in [-0.05, 0) is 43.6 Å². The van der Waals surface area contributed by atoms with Gasteiger partial charge in [-0.1, -0.05) is 0 Å². The summed E-state index contributed by atoms with van der Waals surface area (Å²) in [6.45, 7) is 1.82. The Morgan fingerprint density at radius 1 is 1.29 bits per heavy atom. The number of carbonyl (C=O) groups excluding carboxylic acids is 2. The quantitative estimate of drug-likeness (QED) is 0.637. The third-order valence-corrected chi connectivity index (χ3v) is 6.38. The van der Waals surface area contributed by atoms with Gasteiger partial charge in [0.2, 0.25) is 5.91 Å². The van der Waals surface area contributed by atoms with Gasteiger partial charge >= 0.3 is 0 Å². The molecule has 10 heteroatoms. The number of nitrogens with zero attached hydrogens (tertiary/aromatic N) is 4. The maximum atomic E-state index is 14.9. The molecule has 2 aliphatic rings. The van der Waals surface area contributed by atoms with Crippen molar-refractivity contribution in [1.29, 1.82) is 0 Å². The second-order valence-corrected chi connectivity index (χ2v) is 8.62. The molecule has 0 aliphatic carbocycles. The summed E-state index contributed by atoms with van der Waals surface area (Å²) >= 11 is 1.29. The lowest BCUT2D eigenvalue weighted by molar-refractivity contribution is -0.116. The van der Waals surface area contributed by atoms with Gasteiger partial charge in [0.1, 0.15) is 12.4 Å². The van der Waals surface area contributed by atoms with Crippen LogP contribution in [0.3, 0.4) is 0 Å². The van der Waals surface area contributed by atoms with Crippen LogP contribution in [0.15, 0.2) is 36.1 Å². The summed E-state index contributed by atoms with van der Waals surface area (Å²) in [6.07, 6.45) is 7.20. The van der Waals surface area contributed by atoms with Crippen molar-refractivity contribution in [3.63, 3.8) is 0 Å². The summed E-state index contributed by atoms with van der Waals surface area (Å²) in [5, 5.41) is 12.7. The minimum atomic E-state index is -0.446. The molecule has 0 spiro atoms.